The SMILES string of the molecule is CCN(C(C)=O)c1nc(CN(C)CC(C)(C)O)cs1. The maximum absolute atomic E-state index is 11.4. The second-order valence-electron chi connectivity index (χ2n) is 5.37. The Kier molecular flexibility index (Phi) is 5.46. The molecule has 108 valence electrons. The lowest BCUT2D eigenvalue weighted by atomic mass is 10.1. The van der Waals surface area contributed by atoms with Gasteiger partial charge in [-0.05, 0) is 27.8 Å². The van der Waals surface area contributed by atoms with Gasteiger partial charge >= 0.3 is 0 Å². The number of aromatic nitrogens is 1. The largest absolute Gasteiger partial charge is 0.389 e. The molecular weight excluding hydrogens is 262 g/mol. The van der Waals surface area contributed by atoms with E-state index < -0.39 is 5.60 Å². The van der Waals surface area contributed by atoms with E-state index in [1.54, 1.807) is 25.7 Å². The van der Waals surface area contributed by atoms with Crippen LogP contribution in [0.2, 0.25) is 0 Å². The van der Waals surface area contributed by atoms with Gasteiger partial charge in [0.2, 0.25) is 5.91 Å². The van der Waals surface area contributed by atoms with Gasteiger partial charge in [-0.2, -0.15) is 0 Å². The van der Waals surface area contributed by atoms with E-state index in [1.807, 2.05) is 24.3 Å². The molecule has 5 nitrogen and oxygen atoms in total. The van der Waals surface area contributed by atoms with Crippen molar-refractivity contribution >= 4 is 22.4 Å². The molecular formula is C13H23N3O2S. The topological polar surface area (TPSA) is 56.7 Å². The molecule has 0 saturated carbocycles. The Morgan fingerprint density at radius 2 is 2.16 bits per heavy atom. The fourth-order valence-corrected chi connectivity index (χ4v) is 2.90. The normalized spacial score (nSPS) is 11.9. The predicted octanol–water partition coefficient (Wildman–Crippen LogP) is 1.72. The Bertz CT molecular complexity index is 426. The van der Waals surface area contributed by atoms with E-state index in [2.05, 4.69) is 4.98 Å². The first-order chi connectivity index (χ1) is 8.73. The van der Waals surface area contributed by atoms with Gasteiger partial charge in [0, 0.05) is 31.9 Å². The first kappa shape index (κ1) is 16.1. The van der Waals surface area contributed by atoms with Crippen LogP contribution in [0.5, 0.6) is 0 Å². The Hall–Kier alpha value is -0.980. The molecule has 0 aromatic carbocycles. The van der Waals surface area contributed by atoms with Crippen LogP contribution in [0.3, 0.4) is 0 Å². The number of aliphatic hydroxyl groups is 1. The van der Waals surface area contributed by atoms with E-state index in [9.17, 15) is 9.90 Å². The van der Waals surface area contributed by atoms with Crippen LogP contribution >= 0.6 is 11.3 Å². The zero-order valence-corrected chi connectivity index (χ0v) is 13.1. The van der Waals surface area contributed by atoms with E-state index in [0.29, 0.717) is 19.6 Å². The van der Waals surface area contributed by atoms with Gasteiger partial charge in [-0.3, -0.25) is 14.6 Å². The van der Waals surface area contributed by atoms with Crippen molar-refractivity contribution in [1.82, 2.24) is 9.88 Å². The zero-order valence-electron chi connectivity index (χ0n) is 12.3. The van der Waals surface area contributed by atoms with Crippen LogP contribution in [0.1, 0.15) is 33.4 Å². The van der Waals surface area contributed by atoms with Crippen molar-refractivity contribution in [3.8, 4) is 0 Å². The summed E-state index contributed by atoms with van der Waals surface area (Å²) in [5.41, 5.74) is 0.203. The first-order valence-electron chi connectivity index (χ1n) is 6.36. The van der Waals surface area contributed by atoms with E-state index in [1.165, 1.54) is 11.3 Å². The molecule has 0 aliphatic carbocycles. The lowest BCUT2D eigenvalue weighted by molar-refractivity contribution is -0.116. The van der Waals surface area contributed by atoms with Gasteiger partial charge in [-0.15, -0.1) is 11.3 Å². The third-order valence-electron chi connectivity index (χ3n) is 2.56. The van der Waals surface area contributed by atoms with E-state index in [0.717, 1.165) is 10.8 Å². The molecule has 1 aromatic heterocycles. The van der Waals surface area contributed by atoms with Gasteiger partial charge in [0.1, 0.15) is 0 Å². The number of likely N-dealkylation sites (N-methyl/N-ethyl adjacent to an activating group) is 1. The van der Waals surface area contributed by atoms with Crippen molar-refractivity contribution < 1.29 is 9.90 Å². The molecule has 1 heterocycles. The lowest BCUT2D eigenvalue weighted by Gasteiger charge is -2.24. The summed E-state index contributed by atoms with van der Waals surface area (Å²) in [4.78, 5) is 19.6. The molecule has 1 N–H and O–H groups in total. The van der Waals surface area contributed by atoms with Gasteiger partial charge in [-0.25, -0.2) is 4.98 Å². The molecule has 0 bridgehead atoms. The summed E-state index contributed by atoms with van der Waals surface area (Å²) in [7, 11) is 1.94. The van der Waals surface area contributed by atoms with Crippen molar-refractivity contribution in [2.24, 2.45) is 0 Å². The zero-order chi connectivity index (χ0) is 14.6. The van der Waals surface area contributed by atoms with Gasteiger partial charge in [0.05, 0.1) is 11.3 Å². The third-order valence-corrected chi connectivity index (χ3v) is 3.47. The van der Waals surface area contributed by atoms with Crippen LogP contribution in [-0.4, -0.2) is 46.6 Å². The number of hydrogen-bond acceptors (Lipinski definition) is 5. The van der Waals surface area contributed by atoms with Crippen molar-refractivity contribution in [2.75, 3.05) is 25.0 Å². The minimum Gasteiger partial charge on any atom is -0.389 e. The maximum Gasteiger partial charge on any atom is 0.225 e. The molecule has 0 unspecified atom stereocenters. The Morgan fingerprint density at radius 1 is 1.53 bits per heavy atom. The van der Waals surface area contributed by atoms with Crippen LogP contribution in [0.25, 0.3) is 0 Å². The fourth-order valence-electron chi connectivity index (χ4n) is 1.98. The highest BCUT2D eigenvalue weighted by Crippen LogP contribution is 2.21. The van der Waals surface area contributed by atoms with Crippen molar-refractivity contribution in [1.29, 1.82) is 0 Å². The number of rotatable bonds is 6. The van der Waals surface area contributed by atoms with Crippen LogP contribution in [0.15, 0.2) is 5.38 Å². The van der Waals surface area contributed by atoms with Gasteiger partial charge < -0.3 is 5.11 Å². The summed E-state index contributed by atoms with van der Waals surface area (Å²) in [5, 5.41) is 12.5. The molecule has 0 aliphatic heterocycles. The molecule has 6 heteroatoms. The quantitative estimate of drug-likeness (QED) is 0.864. The minimum atomic E-state index is -0.720. The average molecular weight is 285 g/mol. The number of thiazole rings is 1. The second kappa shape index (κ2) is 6.45. The van der Waals surface area contributed by atoms with Crippen LogP contribution in [-0.2, 0) is 11.3 Å². The van der Waals surface area contributed by atoms with Gasteiger partial charge in [0.25, 0.3) is 0 Å². The number of nitrogens with zero attached hydrogens (tertiary/aromatic N) is 3. The Balaban J connectivity index is 2.67. The van der Waals surface area contributed by atoms with Crippen molar-refractivity contribution in [2.45, 2.75) is 39.8 Å². The van der Waals surface area contributed by atoms with Crippen molar-refractivity contribution in [3.63, 3.8) is 0 Å². The second-order valence-corrected chi connectivity index (χ2v) is 6.21. The van der Waals surface area contributed by atoms with Crippen LogP contribution in [0.4, 0.5) is 5.13 Å². The summed E-state index contributed by atoms with van der Waals surface area (Å²) in [6.45, 7) is 8.91. The molecule has 0 fully saturated rings. The molecule has 0 radical (unpaired) electrons. The molecule has 0 saturated heterocycles. The standard InChI is InChI=1S/C13H23N3O2S/c1-6-16(10(2)17)12-14-11(8-19-12)7-15(5)9-13(3,4)18/h8,18H,6-7,9H2,1-5H3. The number of amides is 1. The molecule has 0 atom stereocenters. The van der Waals surface area contributed by atoms with Crippen LogP contribution in [0, 0.1) is 0 Å². The number of carbonyl (C=O) groups excluding carboxylic acids is 1. The molecule has 19 heavy (non-hydrogen) atoms. The maximum atomic E-state index is 11.4. The highest BCUT2D eigenvalue weighted by Gasteiger charge is 2.18. The summed E-state index contributed by atoms with van der Waals surface area (Å²) in [6, 6.07) is 0. The third kappa shape index (κ3) is 5.26. The summed E-state index contributed by atoms with van der Waals surface area (Å²) >= 11 is 1.48. The van der Waals surface area contributed by atoms with Crippen LogP contribution < -0.4 is 4.90 Å². The predicted molar refractivity (Wildman–Crippen MR) is 78.4 cm³/mol. The number of hydrogen-bond donors (Lipinski definition) is 1. The number of carbonyl (C=O) groups is 1. The fraction of sp³-hybridized carbons (Fsp3) is 0.692. The summed E-state index contributed by atoms with van der Waals surface area (Å²) < 4.78 is 0. The van der Waals surface area contributed by atoms with Gasteiger partial charge in [-0.1, -0.05) is 0 Å². The minimum absolute atomic E-state index is 0.00764. The molecule has 0 spiro atoms. The van der Waals surface area contributed by atoms with Gasteiger partial charge in [0.15, 0.2) is 5.13 Å². The van der Waals surface area contributed by atoms with E-state index >= 15 is 0 Å². The molecule has 1 rings (SSSR count). The Morgan fingerprint density at radius 3 is 2.63 bits per heavy atom. The van der Waals surface area contributed by atoms with E-state index in [-0.39, 0.29) is 5.91 Å². The monoisotopic (exact) mass is 285 g/mol. The smallest absolute Gasteiger partial charge is 0.225 e. The molecule has 1 aromatic rings. The average Bonchev–Trinajstić information content (AvgIpc) is 2.63. The molecule has 1 amide bonds. The molecule has 0 aliphatic rings. The lowest BCUT2D eigenvalue weighted by Crippen LogP contribution is -2.35. The summed E-state index contributed by atoms with van der Waals surface area (Å²) in [5.74, 6) is 0.00764. The van der Waals surface area contributed by atoms with Crippen molar-refractivity contribution in [3.05, 3.63) is 11.1 Å². The first-order valence-corrected chi connectivity index (χ1v) is 7.24. The summed E-state index contributed by atoms with van der Waals surface area (Å²) in [6.07, 6.45) is 0. The van der Waals surface area contributed by atoms with E-state index in [4.69, 9.17) is 0 Å². The highest BCUT2D eigenvalue weighted by atomic mass is 32.1. The number of anilines is 1. The highest BCUT2D eigenvalue weighted by molar-refractivity contribution is 7.14. The Labute approximate surface area is 118 Å².